The predicted octanol–water partition coefficient (Wildman–Crippen LogP) is 1.60. The molecule has 1 aromatic heterocycles. The molecule has 0 saturated carbocycles. The quantitative estimate of drug-likeness (QED) is 0.813. The van der Waals surface area contributed by atoms with Gasteiger partial charge < -0.3 is 10.3 Å². The maximum absolute atomic E-state index is 13.0. The first-order valence-corrected chi connectivity index (χ1v) is 4.94. The molecule has 0 saturated heterocycles. The highest BCUT2D eigenvalue weighted by Crippen LogP contribution is 2.16. The van der Waals surface area contributed by atoms with Crippen molar-refractivity contribution in [3.05, 3.63) is 29.8 Å². The van der Waals surface area contributed by atoms with Gasteiger partial charge in [0.15, 0.2) is 0 Å². The van der Waals surface area contributed by atoms with E-state index >= 15 is 0 Å². The number of aryl methyl sites for hydroxylation is 1. The largest absolute Gasteiger partial charge is 0.331 e. The van der Waals surface area contributed by atoms with Crippen molar-refractivity contribution in [2.75, 3.05) is 0 Å². The van der Waals surface area contributed by atoms with E-state index in [0.717, 1.165) is 16.9 Å². The summed E-state index contributed by atoms with van der Waals surface area (Å²) in [6, 6.07) is 4.67. The first-order valence-electron chi connectivity index (χ1n) is 4.94. The summed E-state index contributed by atoms with van der Waals surface area (Å²) in [5.74, 6) is 0.656. The van der Waals surface area contributed by atoms with Gasteiger partial charge in [0.05, 0.1) is 11.0 Å². The molecule has 0 aliphatic carbocycles. The molecule has 1 heterocycles. The Morgan fingerprint density at radius 3 is 2.93 bits per heavy atom. The molecule has 1 unspecified atom stereocenters. The molecule has 15 heavy (non-hydrogen) atoms. The Kier molecular flexibility index (Phi) is 2.44. The molecule has 0 spiro atoms. The van der Waals surface area contributed by atoms with Gasteiger partial charge >= 0.3 is 0 Å². The molecule has 1 atom stereocenters. The van der Waals surface area contributed by atoms with E-state index in [1.54, 1.807) is 6.07 Å². The number of rotatable bonds is 2. The molecule has 2 rings (SSSR count). The number of halogens is 1. The van der Waals surface area contributed by atoms with Crippen molar-refractivity contribution < 1.29 is 4.39 Å². The lowest BCUT2D eigenvalue weighted by molar-refractivity contribution is 0.628. The summed E-state index contributed by atoms with van der Waals surface area (Å²) in [7, 11) is 1.88. The Bertz CT molecular complexity index is 488. The molecule has 80 valence electrons. The summed E-state index contributed by atoms with van der Waals surface area (Å²) in [4.78, 5) is 4.41. The Balaban J connectivity index is 2.54. The van der Waals surface area contributed by atoms with E-state index in [2.05, 4.69) is 4.98 Å². The molecule has 0 fully saturated rings. The minimum absolute atomic E-state index is 0.0605. The highest BCUT2D eigenvalue weighted by atomic mass is 19.1. The van der Waals surface area contributed by atoms with Gasteiger partial charge in [-0.25, -0.2) is 9.37 Å². The maximum Gasteiger partial charge on any atom is 0.125 e. The fourth-order valence-corrected chi connectivity index (χ4v) is 1.68. The van der Waals surface area contributed by atoms with Crippen LogP contribution >= 0.6 is 0 Å². The van der Waals surface area contributed by atoms with Crippen molar-refractivity contribution in [3.8, 4) is 0 Å². The number of aromatic nitrogens is 2. The van der Waals surface area contributed by atoms with Crippen LogP contribution < -0.4 is 5.73 Å². The fraction of sp³-hybridized carbons (Fsp3) is 0.364. The van der Waals surface area contributed by atoms with E-state index in [-0.39, 0.29) is 11.9 Å². The van der Waals surface area contributed by atoms with Crippen molar-refractivity contribution in [1.29, 1.82) is 0 Å². The van der Waals surface area contributed by atoms with E-state index < -0.39 is 0 Å². The number of hydrogen-bond donors (Lipinski definition) is 1. The third-order valence-corrected chi connectivity index (χ3v) is 2.44. The normalized spacial score (nSPS) is 13.3. The standard InChI is InChI=1S/C11H14FN3/c1-7(13)5-11-14-9-4-3-8(12)6-10(9)15(11)2/h3-4,6-7H,5,13H2,1-2H3. The summed E-state index contributed by atoms with van der Waals surface area (Å²) >= 11 is 0. The van der Waals surface area contributed by atoms with Crippen LogP contribution in [0.1, 0.15) is 12.7 Å². The van der Waals surface area contributed by atoms with E-state index in [9.17, 15) is 4.39 Å². The topological polar surface area (TPSA) is 43.8 Å². The monoisotopic (exact) mass is 207 g/mol. The minimum atomic E-state index is -0.238. The molecule has 0 aliphatic rings. The van der Waals surface area contributed by atoms with Crippen LogP contribution in [0.15, 0.2) is 18.2 Å². The minimum Gasteiger partial charge on any atom is -0.331 e. The summed E-state index contributed by atoms with van der Waals surface area (Å²) in [5.41, 5.74) is 7.34. The zero-order valence-electron chi connectivity index (χ0n) is 8.87. The molecular weight excluding hydrogens is 193 g/mol. The van der Waals surface area contributed by atoms with E-state index in [1.165, 1.54) is 12.1 Å². The van der Waals surface area contributed by atoms with Crippen molar-refractivity contribution in [3.63, 3.8) is 0 Å². The third-order valence-electron chi connectivity index (χ3n) is 2.44. The van der Waals surface area contributed by atoms with Crippen LogP contribution in [0.4, 0.5) is 4.39 Å². The van der Waals surface area contributed by atoms with Gasteiger partial charge in [-0.1, -0.05) is 0 Å². The maximum atomic E-state index is 13.0. The molecule has 0 amide bonds. The number of benzene rings is 1. The van der Waals surface area contributed by atoms with Crippen molar-refractivity contribution in [2.24, 2.45) is 12.8 Å². The average molecular weight is 207 g/mol. The van der Waals surface area contributed by atoms with E-state index in [1.807, 2.05) is 18.5 Å². The van der Waals surface area contributed by atoms with Crippen molar-refractivity contribution in [2.45, 2.75) is 19.4 Å². The highest BCUT2D eigenvalue weighted by Gasteiger charge is 2.09. The lowest BCUT2D eigenvalue weighted by Gasteiger charge is -2.04. The van der Waals surface area contributed by atoms with Gasteiger partial charge in [-0.05, 0) is 25.1 Å². The van der Waals surface area contributed by atoms with Gasteiger partial charge in [0.25, 0.3) is 0 Å². The smallest absolute Gasteiger partial charge is 0.125 e. The van der Waals surface area contributed by atoms with Crippen LogP contribution in [-0.2, 0) is 13.5 Å². The van der Waals surface area contributed by atoms with Gasteiger partial charge in [0, 0.05) is 19.5 Å². The van der Waals surface area contributed by atoms with E-state index in [4.69, 9.17) is 5.73 Å². The molecule has 2 aromatic rings. The van der Waals surface area contributed by atoms with Crippen molar-refractivity contribution >= 4 is 11.0 Å². The summed E-state index contributed by atoms with van der Waals surface area (Å²) < 4.78 is 14.9. The Hall–Kier alpha value is -1.42. The second kappa shape index (κ2) is 3.62. The number of fused-ring (bicyclic) bond motifs is 1. The van der Waals surface area contributed by atoms with Gasteiger partial charge in [-0.3, -0.25) is 0 Å². The van der Waals surface area contributed by atoms with Crippen LogP contribution in [0.3, 0.4) is 0 Å². The number of nitrogens with zero attached hydrogens (tertiary/aromatic N) is 2. The zero-order chi connectivity index (χ0) is 11.0. The van der Waals surface area contributed by atoms with Crippen LogP contribution in [0.5, 0.6) is 0 Å². The summed E-state index contributed by atoms with van der Waals surface area (Å²) in [6.45, 7) is 1.93. The van der Waals surface area contributed by atoms with Gasteiger partial charge in [0.1, 0.15) is 11.6 Å². The van der Waals surface area contributed by atoms with E-state index in [0.29, 0.717) is 6.42 Å². The fourth-order valence-electron chi connectivity index (χ4n) is 1.68. The van der Waals surface area contributed by atoms with Gasteiger partial charge in [-0.15, -0.1) is 0 Å². The van der Waals surface area contributed by atoms with Crippen LogP contribution in [0.2, 0.25) is 0 Å². The number of imidazole rings is 1. The molecule has 0 radical (unpaired) electrons. The SMILES string of the molecule is CC(N)Cc1nc2ccc(F)cc2n1C. The van der Waals surface area contributed by atoms with Gasteiger partial charge in [-0.2, -0.15) is 0 Å². The summed E-state index contributed by atoms with van der Waals surface area (Å²) in [6.07, 6.45) is 0.701. The Morgan fingerprint density at radius 2 is 2.27 bits per heavy atom. The van der Waals surface area contributed by atoms with Crippen LogP contribution in [0, 0.1) is 5.82 Å². The zero-order valence-corrected chi connectivity index (χ0v) is 8.87. The molecule has 0 bridgehead atoms. The lowest BCUT2D eigenvalue weighted by Crippen LogP contribution is -2.19. The summed E-state index contributed by atoms with van der Waals surface area (Å²) in [5, 5.41) is 0. The van der Waals surface area contributed by atoms with Crippen LogP contribution in [-0.4, -0.2) is 15.6 Å². The molecule has 1 aromatic carbocycles. The first-order chi connectivity index (χ1) is 7.08. The molecular formula is C11H14FN3. The van der Waals surface area contributed by atoms with Crippen LogP contribution in [0.25, 0.3) is 11.0 Å². The predicted molar refractivity (Wildman–Crippen MR) is 58.0 cm³/mol. The third kappa shape index (κ3) is 1.85. The Morgan fingerprint density at radius 1 is 1.53 bits per heavy atom. The Labute approximate surface area is 87.7 Å². The number of hydrogen-bond acceptors (Lipinski definition) is 2. The molecule has 3 nitrogen and oxygen atoms in total. The molecule has 0 aliphatic heterocycles. The first kappa shape index (κ1) is 10.1. The second-order valence-electron chi connectivity index (χ2n) is 3.90. The number of nitrogens with two attached hydrogens (primary N) is 1. The van der Waals surface area contributed by atoms with Crippen molar-refractivity contribution in [1.82, 2.24) is 9.55 Å². The average Bonchev–Trinajstić information content (AvgIpc) is 2.44. The lowest BCUT2D eigenvalue weighted by atomic mass is 10.2. The molecule has 2 N–H and O–H groups in total. The molecule has 4 heteroatoms. The highest BCUT2D eigenvalue weighted by molar-refractivity contribution is 5.75. The van der Waals surface area contributed by atoms with Gasteiger partial charge in [0.2, 0.25) is 0 Å². The second-order valence-corrected chi connectivity index (χ2v) is 3.90.